The summed E-state index contributed by atoms with van der Waals surface area (Å²) in [4.78, 5) is 35.9. The number of esters is 1. The summed E-state index contributed by atoms with van der Waals surface area (Å²) >= 11 is 0. The topological polar surface area (TPSA) is 84.5 Å². The molecule has 0 aromatic heterocycles. The number of carbonyl (C=O) groups excluding carboxylic acids is 3. The first kappa shape index (κ1) is 21.3. The minimum atomic E-state index is -0.445. The maximum Gasteiger partial charge on any atom is 0.308 e. The van der Waals surface area contributed by atoms with Crippen molar-refractivity contribution in [3.63, 3.8) is 0 Å². The van der Waals surface area contributed by atoms with E-state index in [1.807, 2.05) is 30.3 Å². The van der Waals surface area contributed by atoms with Crippen LogP contribution in [0.15, 0.2) is 60.7 Å². The van der Waals surface area contributed by atoms with Gasteiger partial charge in [0.1, 0.15) is 5.75 Å². The Morgan fingerprint density at radius 3 is 2.60 bits per heavy atom. The number of anilines is 1. The molecule has 1 aliphatic carbocycles. The van der Waals surface area contributed by atoms with E-state index >= 15 is 0 Å². The Bertz CT molecular complexity index is 946. The van der Waals surface area contributed by atoms with Crippen LogP contribution in [0.2, 0.25) is 0 Å². The minimum Gasteiger partial charge on any atom is -0.427 e. The number of rotatable bonds is 7. The smallest absolute Gasteiger partial charge is 0.308 e. The molecule has 2 aromatic rings. The first-order chi connectivity index (χ1) is 14.5. The standard InChI is InChI=1S/C24H26N2O4/c1-17(27)30-21-11-6-10-19(15-21)24(29)25-16-20-9-4-5-12-22(20)26-23(28)14-13-18-7-2-3-8-18/h4-6,9-15,18H,2-3,7-8,16H2,1H3,(H,25,29)(H,26,28)/b14-13+. The van der Waals surface area contributed by atoms with Crippen molar-refractivity contribution in [2.24, 2.45) is 5.92 Å². The van der Waals surface area contributed by atoms with Gasteiger partial charge in [-0.15, -0.1) is 0 Å². The predicted octanol–water partition coefficient (Wildman–Crippen LogP) is 4.23. The largest absolute Gasteiger partial charge is 0.427 e. The van der Waals surface area contributed by atoms with E-state index in [1.54, 1.807) is 24.3 Å². The van der Waals surface area contributed by atoms with Crippen LogP contribution in [0, 0.1) is 5.92 Å². The highest BCUT2D eigenvalue weighted by molar-refractivity contribution is 6.00. The number of amides is 2. The fourth-order valence-corrected chi connectivity index (χ4v) is 3.49. The van der Waals surface area contributed by atoms with Gasteiger partial charge in [-0.3, -0.25) is 14.4 Å². The van der Waals surface area contributed by atoms with Crippen LogP contribution >= 0.6 is 0 Å². The first-order valence-electron chi connectivity index (χ1n) is 10.1. The molecule has 30 heavy (non-hydrogen) atoms. The van der Waals surface area contributed by atoms with Crippen molar-refractivity contribution in [1.29, 1.82) is 0 Å². The summed E-state index contributed by atoms with van der Waals surface area (Å²) in [5.41, 5.74) is 1.84. The number of ether oxygens (including phenoxy) is 1. The normalized spacial score (nSPS) is 13.9. The third-order valence-corrected chi connectivity index (χ3v) is 4.99. The molecule has 6 nitrogen and oxygen atoms in total. The molecule has 0 aliphatic heterocycles. The van der Waals surface area contributed by atoms with Crippen LogP contribution in [0.25, 0.3) is 0 Å². The number of nitrogens with one attached hydrogen (secondary N) is 2. The Morgan fingerprint density at radius 1 is 1.07 bits per heavy atom. The maximum atomic E-state index is 12.5. The Kier molecular flexibility index (Phi) is 7.38. The molecular weight excluding hydrogens is 380 g/mol. The summed E-state index contributed by atoms with van der Waals surface area (Å²) in [6.07, 6.45) is 8.33. The number of para-hydroxylation sites is 1. The zero-order valence-electron chi connectivity index (χ0n) is 17.0. The molecule has 0 saturated heterocycles. The van der Waals surface area contributed by atoms with Gasteiger partial charge in [-0.05, 0) is 54.7 Å². The lowest BCUT2D eigenvalue weighted by molar-refractivity contribution is -0.131. The van der Waals surface area contributed by atoms with Crippen molar-refractivity contribution in [3.8, 4) is 5.75 Å². The van der Waals surface area contributed by atoms with Crippen LogP contribution in [0.4, 0.5) is 5.69 Å². The lowest BCUT2D eigenvalue weighted by atomic mass is 10.1. The van der Waals surface area contributed by atoms with Crippen LogP contribution in [-0.4, -0.2) is 17.8 Å². The van der Waals surface area contributed by atoms with Gasteiger partial charge < -0.3 is 15.4 Å². The average Bonchev–Trinajstić information content (AvgIpc) is 3.25. The monoisotopic (exact) mass is 406 g/mol. The molecule has 1 aliphatic rings. The van der Waals surface area contributed by atoms with E-state index in [1.165, 1.54) is 25.8 Å². The maximum absolute atomic E-state index is 12.5. The fraction of sp³-hybridized carbons (Fsp3) is 0.292. The number of hydrogen-bond donors (Lipinski definition) is 2. The highest BCUT2D eigenvalue weighted by Crippen LogP contribution is 2.25. The summed E-state index contributed by atoms with van der Waals surface area (Å²) in [7, 11) is 0. The van der Waals surface area contributed by atoms with Crippen LogP contribution in [0.5, 0.6) is 5.75 Å². The summed E-state index contributed by atoms with van der Waals surface area (Å²) in [6.45, 7) is 1.56. The van der Waals surface area contributed by atoms with E-state index < -0.39 is 5.97 Å². The van der Waals surface area contributed by atoms with Gasteiger partial charge in [-0.2, -0.15) is 0 Å². The van der Waals surface area contributed by atoms with E-state index in [-0.39, 0.29) is 18.4 Å². The molecule has 2 amide bonds. The molecule has 0 heterocycles. The van der Waals surface area contributed by atoms with Crippen LogP contribution < -0.4 is 15.4 Å². The molecule has 0 unspecified atom stereocenters. The van der Waals surface area contributed by atoms with Gasteiger partial charge in [-0.25, -0.2) is 0 Å². The fourth-order valence-electron chi connectivity index (χ4n) is 3.49. The minimum absolute atomic E-state index is 0.172. The molecule has 0 bridgehead atoms. The molecular formula is C24H26N2O4. The highest BCUT2D eigenvalue weighted by Gasteiger charge is 2.13. The van der Waals surface area contributed by atoms with E-state index in [0.717, 1.165) is 18.4 Å². The molecule has 0 radical (unpaired) electrons. The van der Waals surface area contributed by atoms with Crippen molar-refractivity contribution in [3.05, 3.63) is 71.8 Å². The lowest BCUT2D eigenvalue weighted by Gasteiger charge is -2.12. The summed E-state index contributed by atoms with van der Waals surface area (Å²) < 4.78 is 5.02. The molecule has 2 aromatic carbocycles. The Balaban J connectivity index is 1.60. The average molecular weight is 406 g/mol. The summed E-state index contributed by atoms with van der Waals surface area (Å²) in [5.74, 6) is -0.106. The second-order valence-corrected chi connectivity index (χ2v) is 7.35. The Hall–Kier alpha value is -3.41. The van der Waals surface area contributed by atoms with Gasteiger partial charge in [0.2, 0.25) is 5.91 Å². The summed E-state index contributed by atoms with van der Waals surface area (Å²) in [5, 5.41) is 5.73. The van der Waals surface area contributed by atoms with Crippen molar-refractivity contribution in [1.82, 2.24) is 5.32 Å². The number of carbonyl (C=O) groups is 3. The van der Waals surface area contributed by atoms with Crippen LogP contribution in [-0.2, 0) is 16.1 Å². The van der Waals surface area contributed by atoms with E-state index in [0.29, 0.717) is 22.9 Å². The van der Waals surface area contributed by atoms with Gasteiger partial charge >= 0.3 is 5.97 Å². The van der Waals surface area contributed by atoms with Crippen LogP contribution in [0.1, 0.15) is 48.5 Å². The Labute approximate surface area is 176 Å². The van der Waals surface area contributed by atoms with Crippen LogP contribution in [0.3, 0.4) is 0 Å². The second-order valence-electron chi connectivity index (χ2n) is 7.35. The van der Waals surface area contributed by atoms with Gasteiger partial charge in [0.15, 0.2) is 0 Å². The first-order valence-corrected chi connectivity index (χ1v) is 10.1. The zero-order chi connectivity index (χ0) is 21.3. The number of hydrogen-bond acceptors (Lipinski definition) is 4. The quantitative estimate of drug-likeness (QED) is 0.409. The third-order valence-electron chi connectivity index (χ3n) is 4.99. The van der Waals surface area contributed by atoms with Crippen molar-refractivity contribution < 1.29 is 19.1 Å². The molecule has 0 atom stereocenters. The zero-order valence-corrected chi connectivity index (χ0v) is 17.0. The second kappa shape index (κ2) is 10.4. The molecule has 2 N–H and O–H groups in total. The van der Waals surface area contributed by atoms with Gasteiger partial charge in [-0.1, -0.05) is 43.2 Å². The van der Waals surface area contributed by atoms with Gasteiger partial charge in [0.05, 0.1) is 0 Å². The number of allylic oxidation sites excluding steroid dienone is 1. The van der Waals surface area contributed by atoms with E-state index in [9.17, 15) is 14.4 Å². The molecule has 1 fully saturated rings. The van der Waals surface area contributed by atoms with E-state index in [2.05, 4.69) is 10.6 Å². The lowest BCUT2D eigenvalue weighted by Crippen LogP contribution is -2.23. The predicted molar refractivity (Wildman–Crippen MR) is 115 cm³/mol. The SMILES string of the molecule is CC(=O)Oc1cccc(C(=O)NCc2ccccc2NC(=O)/C=C/C2CCCC2)c1. The van der Waals surface area contributed by atoms with Crippen molar-refractivity contribution in [2.45, 2.75) is 39.2 Å². The van der Waals surface area contributed by atoms with Crippen molar-refractivity contribution >= 4 is 23.5 Å². The Morgan fingerprint density at radius 2 is 1.83 bits per heavy atom. The molecule has 3 rings (SSSR count). The van der Waals surface area contributed by atoms with E-state index in [4.69, 9.17) is 4.74 Å². The number of benzene rings is 2. The molecule has 6 heteroatoms. The third kappa shape index (κ3) is 6.30. The molecule has 0 spiro atoms. The summed E-state index contributed by atoms with van der Waals surface area (Å²) in [6, 6.07) is 13.8. The van der Waals surface area contributed by atoms with Gasteiger partial charge in [0.25, 0.3) is 5.91 Å². The highest BCUT2D eigenvalue weighted by atomic mass is 16.5. The van der Waals surface area contributed by atoms with Gasteiger partial charge in [0, 0.05) is 24.7 Å². The van der Waals surface area contributed by atoms with Crippen molar-refractivity contribution in [2.75, 3.05) is 5.32 Å². The molecule has 1 saturated carbocycles. The molecule has 156 valence electrons.